The molecule has 1 aromatic carbocycles. The van der Waals surface area contributed by atoms with Crippen LogP contribution < -0.4 is 0 Å². The van der Waals surface area contributed by atoms with E-state index >= 15 is 0 Å². The lowest BCUT2D eigenvalue weighted by molar-refractivity contribution is 1.12. The van der Waals surface area contributed by atoms with Crippen LogP contribution in [0.15, 0.2) is 18.2 Å². The van der Waals surface area contributed by atoms with Gasteiger partial charge in [-0.25, -0.2) is 0 Å². The first-order valence-electron chi connectivity index (χ1n) is 3.80. The Bertz CT molecular complexity index is 223. The Morgan fingerprint density at radius 1 is 1.00 bits per heavy atom. The lowest BCUT2D eigenvalue weighted by atomic mass is 10.1. The van der Waals surface area contributed by atoms with E-state index in [2.05, 4.69) is 39.0 Å². The van der Waals surface area contributed by atoms with E-state index in [1.54, 1.807) is 0 Å². The molecule has 0 heterocycles. The molecule has 0 fully saturated rings. The first-order valence-corrected chi connectivity index (χ1v) is 3.80. The van der Waals surface area contributed by atoms with E-state index in [1.807, 2.05) is 0 Å². The van der Waals surface area contributed by atoms with Crippen LogP contribution >= 0.6 is 0 Å². The summed E-state index contributed by atoms with van der Waals surface area (Å²) in [6.45, 7) is 6.49. The molecule has 0 saturated carbocycles. The van der Waals surface area contributed by atoms with Crippen LogP contribution in [0.5, 0.6) is 0 Å². The number of hydrogen-bond acceptors (Lipinski definition) is 0. The molecule has 0 aliphatic carbocycles. The highest BCUT2D eigenvalue weighted by Gasteiger charge is 1.92. The van der Waals surface area contributed by atoms with Gasteiger partial charge in [0.25, 0.3) is 0 Å². The summed E-state index contributed by atoms with van der Waals surface area (Å²) in [7, 11) is 0. The van der Waals surface area contributed by atoms with Crippen molar-refractivity contribution >= 4 is 0 Å². The summed E-state index contributed by atoms with van der Waals surface area (Å²) < 4.78 is 0. The fraction of sp³-hybridized carbons (Fsp3) is 0.500. The Labute approximate surface area is 77.6 Å². The third kappa shape index (κ3) is 3.08. The molecule has 0 saturated heterocycles. The quantitative estimate of drug-likeness (QED) is 0.588. The van der Waals surface area contributed by atoms with Crippen LogP contribution in [-0.4, -0.2) is 0 Å². The Kier molecular flexibility index (Phi) is 6.68. The summed E-state index contributed by atoms with van der Waals surface area (Å²) in [5.41, 5.74) is 4.22. The van der Waals surface area contributed by atoms with Crippen LogP contribution in [0.3, 0.4) is 0 Å². The first kappa shape index (κ1) is 13.8. The fourth-order valence-corrected chi connectivity index (χ4v) is 1.02. The predicted octanol–water partition coefficient (Wildman–Crippen LogP) is 4.14. The zero-order chi connectivity index (χ0) is 7.56. The van der Waals surface area contributed by atoms with Gasteiger partial charge < -0.3 is 0 Å². The molecular weight excluding hydrogens is 144 g/mol. The van der Waals surface area contributed by atoms with Crippen LogP contribution in [0.4, 0.5) is 0 Å². The zero-order valence-corrected chi connectivity index (χ0v) is 6.94. The van der Waals surface area contributed by atoms with Gasteiger partial charge in [-0.05, 0) is 37.0 Å². The van der Waals surface area contributed by atoms with Crippen molar-refractivity contribution < 1.29 is 0 Å². The Balaban J connectivity index is 0. The molecule has 0 radical (unpaired) electrons. The maximum Gasteiger partial charge on any atom is -0.0307 e. The molecule has 0 nitrogen and oxygen atoms in total. The average Bonchev–Trinajstić information content (AvgIpc) is 1.95. The largest absolute Gasteiger partial charge is 0.0776 e. The monoisotopic (exact) mass is 166 g/mol. The molecule has 12 heavy (non-hydrogen) atoms. The second-order valence-corrected chi connectivity index (χ2v) is 2.77. The molecule has 0 aliphatic heterocycles. The lowest BCUT2D eigenvalue weighted by Crippen LogP contribution is -1.84. The fourth-order valence-electron chi connectivity index (χ4n) is 1.02. The average molecular weight is 166 g/mol. The van der Waals surface area contributed by atoms with Gasteiger partial charge >= 0.3 is 0 Å². The zero-order valence-electron chi connectivity index (χ0n) is 6.94. The van der Waals surface area contributed by atoms with Crippen molar-refractivity contribution in [3.8, 4) is 0 Å². The highest BCUT2D eigenvalue weighted by atomic mass is 14.0. The number of rotatable bonds is 1. The number of benzene rings is 1. The van der Waals surface area contributed by atoms with Crippen LogP contribution in [0.2, 0.25) is 0 Å². The summed E-state index contributed by atoms with van der Waals surface area (Å²) in [4.78, 5) is 0. The summed E-state index contributed by atoms with van der Waals surface area (Å²) in [5.74, 6) is 0. The SMILES string of the molecule is C.C.CCc1ccc(C)c(C)c1. The van der Waals surface area contributed by atoms with Crippen LogP contribution in [0.25, 0.3) is 0 Å². The highest BCUT2D eigenvalue weighted by Crippen LogP contribution is 2.09. The molecule has 0 N–H and O–H groups in total. The summed E-state index contributed by atoms with van der Waals surface area (Å²) in [5, 5.41) is 0. The van der Waals surface area contributed by atoms with Crippen molar-refractivity contribution in [2.45, 2.75) is 42.0 Å². The topological polar surface area (TPSA) is 0 Å². The van der Waals surface area contributed by atoms with E-state index in [-0.39, 0.29) is 14.9 Å². The Morgan fingerprint density at radius 2 is 1.58 bits per heavy atom. The molecule has 0 atom stereocenters. The second kappa shape index (κ2) is 5.82. The molecule has 0 bridgehead atoms. The Morgan fingerprint density at radius 3 is 2.00 bits per heavy atom. The van der Waals surface area contributed by atoms with E-state index < -0.39 is 0 Å². The van der Waals surface area contributed by atoms with Crippen LogP contribution in [-0.2, 0) is 6.42 Å². The van der Waals surface area contributed by atoms with Gasteiger partial charge in [-0.1, -0.05) is 40.0 Å². The molecule has 0 amide bonds. The lowest BCUT2D eigenvalue weighted by Gasteiger charge is -2.01. The van der Waals surface area contributed by atoms with Crippen LogP contribution in [0.1, 0.15) is 38.5 Å². The smallest absolute Gasteiger partial charge is 0.0307 e. The minimum atomic E-state index is 0. The third-order valence-electron chi connectivity index (χ3n) is 1.98. The van der Waals surface area contributed by atoms with Gasteiger partial charge in [0.1, 0.15) is 0 Å². The minimum absolute atomic E-state index is 0. The van der Waals surface area contributed by atoms with Crippen LogP contribution in [0, 0.1) is 13.8 Å². The van der Waals surface area contributed by atoms with Gasteiger partial charge in [-0.15, -0.1) is 0 Å². The maximum absolute atomic E-state index is 2.26. The molecule has 1 rings (SSSR count). The van der Waals surface area contributed by atoms with Gasteiger partial charge in [-0.3, -0.25) is 0 Å². The van der Waals surface area contributed by atoms with Crippen molar-refractivity contribution in [2.75, 3.05) is 0 Å². The molecule has 0 heteroatoms. The summed E-state index contributed by atoms with van der Waals surface area (Å²) in [6.07, 6.45) is 1.14. The van der Waals surface area contributed by atoms with Crippen molar-refractivity contribution in [1.29, 1.82) is 0 Å². The molecule has 0 spiro atoms. The van der Waals surface area contributed by atoms with Gasteiger partial charge in [-0.2, -0.15) is 0 Å². The number of aryl methyl sites for hydroxylation is 3. The van der Waals surface area contributed by atoms with Gasteiger partial charge in [0.15, 0.2) is 0 Å². The standard InChI is InChI=1S/C10H14.2CH4/c1-4-10-6-5-8(2)9(3)7-10;;/h5-7H,4H2,1-3H3;2*1H4. The van der Waals surface area contributed by atoms with E-state index in [0.29, 0.717) is 0 Å². The predicted molar refractivity (Wildman–Crippen MR) is 58.8 cm³/mol. The molecular formula is C12H22. The Hall–Kier alpha value is -0.780. The van der Waals surface area contributed by atoms with Crippen molar-refractivity contribution in [3.63, 3.8) is 0 Å². The van der Waals surface area contributed by atoms with Crippen molar-refractivity contribution in [3.05, 3.63) is 34.9 Å². The summed E-state index contributed by atoms with van der Waals surface area (Å²) in [6, 6.07) is 6.64. The molecule has 0 aromatic heterocycles. The van der Waals surface area contributed by atoms with Gasteiger partial charge in [0.2, 0.25) is 0 Å². The summed E-state index contributed by atoms with van der Waals surface area (Å²) >= 11 is 0. The van der Waals surface area contributed by atoms with E-state index in [0.717, 1.165) is 6.42 Å². The molecule has 70 valence electrons. The second-order valence-electron chi connectivity index (χ2n) is 2.77. The molecule has 1 aromatic rings. The van der Waals surface area contributed by atoms with E-state index in [9.17, 15) is 0 Å². The molecule has 0 unspecified atom stereocenters. The van der Waals surface area contributed by atoms with Gasteiger partial charge in [0, 0.05) is 0 Å². The maximum atomic E-state index is 2.26. The third-order valence-corrected chi connectivity index (χ3v) is 1.98. The van der Waals surface area contributed by atoms with E-state index in [4.69, 9.17) is 0 Å². The number of hydrogen-bond donors (Lipinski definition) is 0. The molecule has 0 aliphatic rings. The first-order chi connectivity index (χ1) is 4.74. The highest BCUT2D eigenvalue weighted by molar-refractivity contribution is 5.29. The minimum Gasteiger partial charge on any atom is -0.0776 e. The van der Waals surface area contributed by atoms with Crippen molar-refractivity contribution in [1.82, 2.24) is 0 Å². The van der Waals surface area contributed by atoms with E-state index in [1.165, 1.54) is 16.7 Å². The van der Waals surface area contributed by atoms with Crippen molar-refractivity contribution in [2.24, 2.45) is 0 Å². The van der Waals surface area contributed by atoms with Gasteiger partial charge in [0.05, 0.1) is 0 Å². The normalized spacial score (nSPS) is 8.25.